The molecule has 0 amide bonds. The smallest absolute Gasteiger partial charge is 0.0199 e. The maximum Gasteiger partial charge on any atom is -0.0199 e. The molecule has 0 nitrogen and oxygen atoms in total. The lowest BCUT2D eigenvalue weighted by Gasteiger charge is -2.29. The standard InChI is InChI=1S/C10H16/c1-2-3-8-6-9-4-5-10(9)7-8/h6,9-10H,2-5,7H2,1H3/t9-,10-/m0/s1. The van der Waals surface area contributed by atoms with E-state index in [0.29, 0.717) is 0 Å². The molecule has 0 aromatic carbocycles. The summed E-state index contributed by atoms with van der Waals surface area (Å²) >= 11 is 0. The molecule has 0 bridgehead atoms. The van der Waals surface area contributed by atoms with Crippen molar-refractivity contribution in [2.75, 3.05) is 0 Å². The van der Waals surface area contributed by atoms with E-state index in [1.54, 1.807) is 5.57 Å². The minimum absolute atomic E-state index is 1.02. The summed E-state index contributed by atoms with van der Waals surface area (Å²) in [5, 5.41) is 0. The van der Waals surface area contributed by atoms with Crippen LogP contribution in [0.3, 0.4) is 0 Å². The number of hydrogen-bond acceptors (Lipinski definition) is 0. The van der Waals surface area contributed by atoms with Crippen LogP contribution in [-0.2, 0) is 0 Å². The van der Waals surface area contributed by atoms with Crippen LogP contribution in [0.4, 0.5) is 0 Å². The van der Waals surface area contributed by atoms with Crippen LogP contribution in [0.1, 0.15) is 39.0 Å². The summed E-state index contributed by atoms with van der Waals surface area (Å²) in [6.07, 6.45) is 9.70. The Kier molecular flexibility index (Phi) is 1.55. The second kappa shape index (κ2) is 2.41. The highest BCUT2D eigenvalue weighted by Crippen LogP contribution is 2.46. The zero-order chi connectivity index (χ0) is 6.97. The molecule has 0 aliphatic heterocycles. The summed E-state index contributed by atoms with van der Waals surface area (Å²) in [7, 11) is 0. The van der Waals surface area contributed by atoms with Gasteiger partial charge in [0.05, 0.1) is 0 Å². The Morgan fingerprint density at radius 1 is 1.50 bits per heavy atom. The van der Waals surface area contributed by atoms with Crippen LogP contribution in [0, 0.1) is 11.8 Å². The Balaban J connectivity index is 1.93. The molecule has 2 atom stereocenters. The topological polar surface area (TPSA) is 0 Å². The van der Waals surface area contributed by atoms with Gasteiger partial charge in [0.1, 0.15) is 0 Å². The van der Waals surface area contributed by atoms with Gasteiger partial charge in [-0.1, -0.05) is 25.0 Å². The Morgan fingerprint density at radius 2 is 2.40 bits per heavy atom. The number of rotatable bonds is 2. The SMILES string of the molecule is CCCC1=C[C@@H]2CC[C@H]2C1. The van der Waals surface area contributed by atoms with Crippen molar-refractivity contribution in [2.45, 2.75) is 39.0 Å². The van der Waals surface area contributed by atoms with E-state index in [2.05, 4.69) is 13.0 Å². The maximum atomic E-state index is 2.55. The fraction of sp³-hybridized carbons (Fsp3) is 0.800. The van der Waals surface area contributed by atoms with E-state index in [1.807, 2.05) is 0 Å². The lowest BCUT2D eigenvalue weighted by molar-refractivity contribution is 0.247. The van der Waals surface area contributed by atoms with Gasteiger partial charge in [-0.2, -0.15) is 0 Å². The predicted molar refractivity (Wildman–Crippen MR) is 43.8 cm³/mol. The van der Waals surface area contributed by atoms with Gasteiger partial charge in [-0.05, 0) is 37.5 Å². The molecule has 0 unspecified atom stereocenters. The van der Waals surface area contributed by atoms with Crippen molar-refractivity contribution < 1.29 is 0 Å². The molecule has 56 valence electrons. The van der Waals surface area contributed by atoms with Crippen molar-refractivity contribution in [3.8, 4) is 0 Å². The fourth-order valence-electron chi connectivity index (χ4n) is 2.28. The van der Waals surface area contributed by atoms with Gasteiger partial charge in [0.2, 0.25) is 0 Å². The van der Waals surface area contributed by atoms with Crippen molar-refractivity contribution in [1.29, 1.82) is 0 Å². The van der Waals surface area contributed by atoms with Gasteiger partial charge in [-0.3, -0.25) is 0 Å². The monoisotopic (exact) mass is 136 g/mol. The minimum Gasteiger partial charge on any atom is -0.0819 e. The molecule has 0 radical (unpaired) electrons. The van der Waals surface area contributed by atoms with E-state index in [4.69, 9.17) is 0 Å². The number of fused-ring (bicyclic) bond motifs is 1. The lowest BCUT2D eigenvalue weighted by Crippen LogP contribution is -2.19. The highest BCUT2D eigenvalue weighted by molar-refractivity contribution is 5.17. The molecule has 0 N–H and O–H groups in total. The minimum atomic E-state index is 1.02. The molecule has 0 spiro atoms. The zero-order valence-electron chi connectivity index (χ0n) is 6.77. The zero-order valence-corrected chi connectivity index (χ0v) is 6.77. The van der Waals surface area contributed by atoms with Crippen LogP contribution in [-0.4, -0.2) is 0 Å². The highest BCUT2D eigenvalue weighted by atomic mass is 14.4. The molecule has 2 aliphatic rings. The first-order valence-electron chi connectivity index (χ1n) is 4.59. The van der Waals surface area contributed by atoms with E-state index < -0.39 is 0 Å². The van der Waals surface area contributed by atoms with Crippen LogP contribution < -0.4 is 0 Å². The fourth-order valence-corrected chi connectivity index (χ4v) is 2.28. The largest absolute Gasteiger partial charge is 0.0819 e. The predicted octanol–water partition coefficient (Wildman–Crippen LogP) is 3.14. The molecule has 1 fully saturated rings. The van der Waals surface area contributed by atoms with Crippen LogP contribution in [0.5, 0.6) is 0 Å². The van der Waals surface area contributed by atoms with Gasteiger partial charge < -0.3 is 0 Å². The summed E-state index contributed by atoms with van der Waals surface area (Å²) in [6, 6.07) is 0. The van der Waals surface area contributed by atoms with Crippen molar-refractivity contribution in [3.05, 3.63) is 11.6 Å². The van der Waals surface area contributed by atoms with Crippen molar-refractivity contribution in [3.63, 3.8) is 0 Å². The summed E-state index contributed by atoms with van der Waals surface area (Å²) in [4.78, 5) is 0. The third-order valence-electron chi connectivity index (χ3n) is 3.02. The summed E-state index contributed by atoms with van der Waals surface area (Å²) in [6.45, 7) is 2.28. The summed E-state index contributed by atoms with van der Waals surface area (Å²) in [5.41, 5.74) is 1.76. The molecule has 0 aromatic rings. The Labute approximate surface area is 63.3 Å². The van der Waals surface area contributed by atoms with Gasteiger partial charge >= 0.3 is 0 Å². The average Bonchev–Trinajstić information content (AvgIpc) is 2.14. The van der Waals surface area contributed by atoms with E-state index in [1.165, 1.54) is 32.1 Å². The second-order valence-corrected chi connectivity index (χ2v) is 3.78. The summed E-state index contributed by atoms with van der Waals surface area (Å²) in [5.74, 6) is 2.10. The third kappa shape index (κ3) is 0.902. The van der Waals surface area contributed by atoms with Crippen LogP contribution >= 0.6 is 0 Å². The lowest BCUT2D eigenvalue weighted by atomic mass is 9.76. The molecule has 0 aromatic heterocycles. The van der Waals surface area contributed by atoms with Crippen LogP contribution in [0.2, 0.25) is 0 Å². The molecule has 1 saturated carbocycles. The Hall–Kier alpha value is -0.260. The molecule has 2 rings (SSSR count). The summed E-state index contributed by atoms with van der Waals surface area (Å²) < 4.78 is 0. The van der Waals surface area contributed by atoms with Crippen LogP contribution in [0.25, 0.3) is 0 Å². The third-order valence-corrected chi connectivity index (χ3v) is 3.02. The van der Waals surface area contributed by atoms with E-state index in [-0.39, 0.29) is 0 Å². The first-order chi connectivity index (χ1) is 4.90. The molecule has 0 saturated heterocycles. The van der Waals surface area contributed by atoms with Gasteiger partial charge in [0.15, 0.2) is 0 Å². The number of hydrogen-bond donors (Lipinski definition) is 0. The quantitative estimate of drug-likeness (QED) is 0.511. The molecular formula is C10H16. The van der Waals surface area contributed by atoms with E-state index in [0.717, 1.165) is 11.8 Å². The second-order valence-electron chi connectivity index (χ2n) is 3.78. The van der Waals surface area contributed by atoms with E-state index >= 15 is 0 Å². The van der Waals surface area contributed by atoms with Gasteiger partial charge in [-0.25, -0.2) is 0 Å². The van der Waals surface area contributed by atoms with E-state index in [9.17, 15) is 0 Å². The van der Waals surface area contributed by atoms with Gasteiger partial charge in [0.25, 0.3) is 0 Å². The molecule has 0 heterocycles. The molecule has 10 heavy (non-hydrogen) atoms. The normalized spacial score (nSPS) is 36.7. The number of allylic oxidation sites excluding steroid dienone is 2. The van der Waals surface area contributed by atoms with Crippen molar-refractivity contribution in [1.82, 2.24) is 0 Å². The van der Waals surface area contributed by atoms with Gasteiger partial charge in [-0.15, -0.1) is 0 Å². The molecule has 0 heteroatoms. The highest BCUT2D eigenvalue weighted by Gasteiger charge is 2.33. The van der Waals surface area contributed by atoms with Crippen LogP contribution in [0.15, 0.2) is 11.6 Å². The Bertz CT molecular complexity index is 155. The first kappa shape index (κ1) is 6.45. The molecular weight excluding hydrogens is 120 g/mol. The average molecular weight is 136 g/mol. The van der Waals surface area contributed by atoms with Crippen molar-refractivity contribution >= 4 is 0 Å². The maximum absolute atomic E-state index is 2.55. The Morgan fingerprint density at radius 3 is 2.80 bits per heavy atom. The van der Waals surface area contributed by atoms with Gasteiger partial charge in [0, 0.05) is 0 Å². The molecule has 2 aliphatic carbocycles. The van der Waals surface area contributed by atoms with Crippen molar-refractivity contribution in [2.24, 2.45) is 11.8 Å². The first-order valence-corrected chi connectivity index (χ1v) is 4.59.